The molecule has 0 atom stereocenters. The van der Waals surface area contributed by atoms with Crippen molar-refractivity contribution >= 4 is 50.9 Å². The molecule has 0 aromatic heterocycles. The quantitative estimate of drug-likeness (QED) is 0.715. The number of nitrogens with zero attached hydrogens (tertiary/aromatic N) is 2. The van der Waals surface area contributed by atoms with Crippen molar-refractivity contribution in [3.63, 3.8) is 0 Å². The Labute approximate surface area is 152 Å². The van der Waals surface area contributed by atoms with Crippen molar-refractivity contribution in [1.29, 1.82) is 0 Å². The van der Waals surface area contributed by atoms with Crippen molar-refractivity contribution in [1.82, 2.24) is 5.06 Å². The number of hydrogen-bond donors (Lipinski definition) is 0. The molecule has 1 fully saturated rings. The molecule has 126 valence electrons. The molecular formula is C16H14BrClN2O4. The number of imide groups is 1. The molecule has 0 radical (unpaired) electrons. The van der Waals surface area contributed by atoms with E-state index in [0.29, 0.717) is 22.9 Å². The van der Waals surface area contributed by atoms with Gasteiger partial charge in [0.2, 0.25) is 0 Å². The molecule has 2 heterocycles. The van der Waals surface area contributed by atoms with Crippen LogP contribution < -0.4 is 4.90 Å². The number of hydroxylamine groups is 2. The van der Waals surface area contributed by atoms with Gasteiger partial charge in [-0.05, 0) is 47.5 Å². The second kappa shape index (κ2) is 5.98. The van der Waals surface area contributed by atoms with E-state index in [1.54, 1.807) is 12.1 Å². The van der Waals surface area contributed by atoms with Gasteiger partial charge in [0.25, 0.3) is 17.7 Å². The average molecular weight is 414 g/mol. The van der Waals surface area contributed by atoms with E-state index >= 15 is 0 Å². The van der Waals surface area contributed by atoms with Crippen LogP contribution in [0.4, 0.5) is 5.69 Å². The molecule has 0 unspecified atom stereocenters. The van der Waals surface area contributed by atoms with E-state index in [1.807, 2.05) is 13.8 Å². The van der Waals surface area contributed by atoms with Crippen molar-refractivity contribution in [3.05, 3.63) is 39.3 Å². The van der Waals surface area contributed by atoms with Crippen molar-refractivity contribution in [3.8, 4) is 0 Å². The summed E-state index contributed by atoms with van der Waals surface area (Å²) in [4.78, 5) is 42.5. The Morgan fingerprint density at radius 3 is 2.50 bits per heavy atom. The van der Waals surface area contributed by atoms with Crippen LogP contribution in [0.1, 0.15) is 19.4 Å². The zero-order valence-corrected chi connectivity index (χ0v) is 15.3. The molecule has 0 aliphatic carbocycles. The zero-order chi connectivity index (χ0) is 17.6. The monoisotopic (exact) mass is 412 g/mol. The Bertz CT molecular complexity index is 790. The first-order valence-electron chi connectivity index (χ1n) is 7.19. The number of benzene rings is 1. The minimum atomic E-state index is -0.557. The molecule has 2 aliphatic rings. The molecule has 0 spiro atoms. The highest BCUT2D eigenvalue weighted by molar-refractivity contribution is 9.12. The first kappa shape index (κ1) is 17.1. The number of rotatable bonds is 3. The second-order valence-corrected chi connectivity index (χ2v) is 7.51. The predicted molar refractivity (Wildman–Crippen MR) is 91.2 cm³/mol. The second-order valence-electron chi connectivity index (χ2n) is 6.25. The van der Waals surface area contributed by atoms with Gasteiger partial charge >= 0.3 is 0 Å². The minimum Gasteiger partial charge on any atom is -0.272 e. The Hall–Kier alpha value is -1.70. The van der Waals surface area contributed by atoms with E-state index in [0.717, 1.165) is 4.90 Å². The van der Waals surface area contributed by atoms with Gasteiger partial charge in [0.1, 0.15) is 0 Å². The highest BCUT2D eigenvalue weighted by Crippen LogP contribution is 2.32. The van der Waals surface area contributed by atoms with Gasteiger partial charge in [0, 0.05) is 11.1 Å². The van der Waals surface area contributed by atoms with Crippen LogP contribution in [0.2, 0.25) is 5.02 Å². The molecule has 6 nitrogen and oxygen atoms in total. The number of amides is 3. The van der Waals surface area contributed by atoms with Gasteiger partial charge in [-0.2, -0.15) is 0 Å². The van der Waals surface area contributed by atoms with Crippen LogP contribution >= 0.6 is 27.5 Å². The maximum atomic E-state index is 12.2. The van der Waals surface area contributed by atoms with Gasteiger partial charge in [-0.3, -0.25) is 19.2 Å². The summed E-state index contributed by atoms with van der Waals surface area (Å²) in [5.74, 6) is -0.986. The summed E-state index contributed by atoms with van der Waals surface area (Å²) in [5, 5.41) is 1.63. The molecule has 3 rings (SSSR count). The summed E-state index contributed by atoms with van der Waals surface area (Å²) in [6.45, 7) is 4.15. The number of carbonyl (C=O) groups excluding carboxylic acids is 3. The SMILES string of the molecule is CC1(C)CON(Cc2ccc(N3C(=O)C=C(Br)C3=O)cc2Cl)C1=O. The average Bonchev–Trinajstić information content (AvgIpc) is 2.91. The smallest absolute Gasteiger partial charge is 0.272 e. The topological polar surface area (TPSA) is 66.9 Å². The Kier molecular flexibility index (Phi) is 4.27. The van der Waals surface area contributed by atoms with E-state index in [-0.39, 0.29) is 16.9 Å². The molecular weight excluding hydrogens is 400 g/mol. The molecule has 24 heavy (non-hydrogen) atoms. The molecule has 0 bridgehead atoms. The van der Waals surface area contributed by atoms with E-state index in [4.69, 9.17) is 16.4 Å². The van der Waals surface area contributed by atoms with Gasteiger partial charge in [-0.25, -0.2) is 9.96 Å². The van der Waals surface area contributed by atoms with Crippen LogP contribution in [0.5, 0.6) is 0 Å². The van der Waals surface area contributed by atoms with Crippen LogP contribution in [0.3, 0.4) is 0 Å². The molecule has 1 aromatic rings. The Balaban J connectivity index is 1.80. The number of halogens is 2. The summed E-state index contributed by atoms with van der Waals surface area (Å²) >= 11 is 9.31. The van der Waals surface area contributed by atoms with Gasteiger partial charge in [0.05, 0.1) is 28.7 Å². The summed E-state index contributed by atoms with van der Waals surface area (Å²) in [7, 11) is 0. The van der Waals surface area contributed by atoms with Crippen LogP contribution in [0.15, 0.2) is 28.8 Å². The molecule has 8 heteroatoms. The van der Waals surface area contributed by atoms with Crippen molar-refractivity contribution in [2.75, 3.05) is 11.5 Å². The summed E-state index contributed by atoms with van der Waals surface area (Å²) in [5.41, 5.74) is 0.481. The van der Waals surface area contributed by atoms with Crippen LogP contribution in [-0.4, -0.2) is 29.4 Å². The van der Waals surface area contributed by atoms with E-state index < -0.39 is 17.2 Å². The van der Waals surface area contributed by atoms with Crippen molar-refractivity contribution in [2.24, 2.45) is 5.41 Å². The van der Waals surface area contributed by atoms with E-state index in [9.17, 15) is 14.4 Å². The first-order valence-corrected chi connectivity index (χ1v) is 8.37. The molecule has 3 amide bonds. The van der Waals surface area contributed by atoms with Gasteiger partial charge in [-0.1, -0.05) is 17.7 Å². The molecule has 1 saturated heterocycles. The molecule has 2 aliphatic heterocycles. The summed E-state index contributed by atoms with van der Waals surface area (Å²) in [6, 6.07) is 4.81. The lowest BCUT2D eigenvalue weighted by molar-refractivity contribution is -0.165. The first-order chi connectivity index (χ1) is 11.2. The van der Waals surface area contributed by atoms with E-state index in [2.05, 4.69) is 15.9 Å². The molecule has 1 aromatic carbocycles. The van der Waals surface area contributed by atoms with E-state index in [1.165, 1.54) is 17.2 Å². The fourth-order valence-corrected chi connectivity index (χ4v) is 3.07. The third-order valence-electron chi connectivity index (χ3n) is 3.87. The maximum absolute atomic E-state index is 12.2. The highest BCUT2D eigenvalue weighted by atomic mass is 79.9. The fourth-order valence-electron chi connectivity index (χ4n) is 2.46. The highest BCUT2D eigenvalue weighted by Gasteiger charge is 2.40. The summed E-state index contributed by atoms with van der Waals surface area (Å²) < 4.78 is 0.200. The lowest BCUT2D eigenvalue weighted by atomic mass is 9.95. The molecule has 0 N–H and O–H groups in total. The Morgan fingerprint density at radius 2 is 2.00 bits per heavy atom. The van der Waals surface area contributed by atoms with Crippen LogP contribution in [-0.2, 0) is 25.8 Å². The standard InChI is InChI=1S/C16H14BrClN2O4/c1-16(2)8-24-19(15(16)23)7-9-3-4-10(5-12(9)18)20-13(21)6-11(17)14(20)22/h3-6H,7-8H2,1-2H3. The normalized spacial score (nSPS) is 20.2. The minimum absolute atomic E-state index is 0.110. The molecule has 0 saturated carbocycles. The van der Waals surface area contributed by atoms with Gasteiger partial charge < -0.3 is 0 Å². The largest absolute Gasteiger partial charge is 0.272 e. The fraction of sp³-hybridized carbons (Fsp3) is 0.312. The van der Waals surface area contributed by atoms with Crippen molar-refractivity contribution in [2.45, 2.75) is 20.4 Å². The van der Waals surface area contributed by atoms with Gasteiger partial charge in [0.15, 0.2) is 0 Å². The summed E-state index contributed by atoms with van der Waals surface area (Å²) in [6.07, 6.45) is 1.21. The third-order valence-corrected chi connectivity index (χ3v) is 4.79. The van der Waals surface area contributed by atoms with Crippen LogP contribution in [0, 0.1) is 5.41 Å². The van der Waals surface area contributed by atoms with Crippen LogP contribution in [0.25, 0.3) is 0 Å². The third kappa shape index (κ3) is 2.87. The van der Waals surface area contributed by atoms with Crippen molar-refractivity contribution < 1.29 is 19.2 Å². The van der Waals surface area contributed by atoms with Gasteiger partial charge in [-0.15, -0.1) is 0 Å². The zero-order valence-electron chi connectivity index (χ0n) is 13.0. The predicted octanol–water partition coefficient (Wildman–Crippen LogP) is 2.79. The lowest BCUT2D eigenvalue weighted by Crippen LogP contribution is -2.31. The number of carbonyl (C=O) groups is 3. The Morgan fingerprint density at radius 1 is 1.29 bits per heavy atom. The number of hydrogen-bond acceptors (Lipinski definition) is 4. The lowest BCUT2D eigenvalue weighted by Gasteiger charge is -2.19. The maximum Gasteiger partial charge on any atom is 0.272 e. The number of anilines is 1.